The van der Waals surface area contributed by atoms with Gasteiger partial charge >= 0.3 is 0 Å². The molecule has 8 heterocycles. The molecule has 0 amide bonds. The van der Waals surface area contributed by atoms with Gasteiger partial charge in [0.2, 0.25) is 0 Å². The SMILES string of the molecule is Cc1ccc(N2c3ccc(C)cc3B3c4cc5c(cc4Oc4cc(-c6ccc(C)cc6C)cc2c43)N(c2ccc(C)cc2)c2cc(-c3ccc(C)cc3C)cc3c2B5c2cc(C)ccc2N3c2ccc(C)cc2)cc1.Cc1ccc(N2c3ccc(C)cc3B3c4cc5c(cc4Oc4cc(-c6ccccc6C)cc2c43)N(c2ccc(C)cc2)c2cc(-c3ccccc3C)cc3c2B5c2cc(C)ccc2N3c2ccc(C)cc2)cc1. The van der Waals surface area contributed by atoms with E-state index in [0.29, 0.717) is 0 Å². The largest absolute Gasteiger partial charge is 0.458 e. The first-order valence-electron chi connectivity index (χ1n) is 52.2. The summed E-state index contributed by atoms with van der Waals surface area (Å²) < 4.78 is 15.2. The van der Waals surface area contributed by atoms with Gasteiger partial charge in [-0.25, -0.2) is 0 Å². The molecule has 148 heavy (non-hydrogen) atoms. The second-order valence-electron chi connectivity index (χ2n) is 43.0. The van der Waals surface area contributed by atoms with Crippen LogP contribution in [-0.4, -0.2) is 26.9 Å². The minimum atomic E-state index is -0.0981. The summed E-state index contributed by atoms with van der Waals surface area (Å²) in [5, 5.41) is 0. The Balaban J connectivity index is 0.000000146. The lowest BCUT2D eigenvalue weighted by atomic mass is 9.30. The summed E-state index contributed by atoms with van der Waals surface area (Å²) in [7, 11) is 0. The number of hydrogen-bond acceptors (Lipinski definition) is 8. The van der Waals surface area contributed by atoms with Crippen molar-refractivity contribution >= 4 is 195 Å². The molecule has 0 radical (unpaired) electrons. The smallest absolute Gasteiger partial charge is 0.256 e. The summed E-state index contributed by atoms with van der Waals surface area (Å²) in [5.74, 6) is 3.57. The van der Waals surface area contributed by atoms with Crippen LogP contribution < -0.4 is 104 Å². The maximum absolute atomic E-state index is 7.59. The van der Waals surface area contributed by atoms with Gasteiger partial charge in [-0.15, -0.1) is 0 Å². The average Bonchev–Trinajstić information content (AvgIpc) is 0.685. The van der Waals surface area contributed by atoms with Crippen molar-refractivity contribution in [1.82, 2.24) is 0 Å². The molecule has 0 bridgehead atoms. The summed E-state index contributed by atoms with van der Waals surface area (Å²) in [6.45, 7) is 34.9. The Morgan fingerprint density at radius 2 is 0.365 bits per heavy atom. The molecule has 20 aromatic rings. The third-order valence-corrected chi connectivity index (χ3v) is 32.6. The van der Waals surface area contributed by atoms with Crippen molar-refractivity contribution in [3.05, 3.63) is 465 Å². The first-order chi connectivity index (χ1) is 71.9. The number of rotatable bonds is 10. The van der Waals surface area contributed by atoms with Gasteiger partial charge < -0.3 is 38.9 Å². The van der Waals surface area contributed by atoms with Crippen molar-refractivity contribution in [3.8, 4) is 67.5 Å². The lowest BCUT2D eigenvalue weighted by Crippen LogP contribution is -2.64. The molecule has 708 valence electrons. The summed E-state index contributed by atoms with van der Waals surface area (Å²) in [5.41, 5.74) is 65.3. The molecule has 0 spiro atoms. The maximum Gasteiger partial charge on any atom is 0.256 e. The Labute approximate surface area is 870 Å². The van der Waals surface area contributed by atoms with E-state index in [0.717, 1.165) is 91.0 Å². The van der Waals surface area contributed by atoms with Crippen LogP contribution in [-0.2, 0) is 0 Å². The summed E-state index contributed by atoms with van der Waals surface area (Å²) in [6.07, 6.45) is 0. The van der Waals surface area contributed by atoms with Crippen LogP contribution in [0.15, 0.2) is 376 Å². The highest BCUT2D eigenvalue weighted by Gasteiger charge is 2.52. The number of hydrogen-bond donors (Lipinski definition) is 0. The number of benzene rings is 20. The van der Waals surface area contributed by atoms with Gasteiger partial charge in [0.1, 0.15) is 23.0 Å². The van der Waals surface area contributed by atoms with Gasteiger partial charge in [-0.3, -0.25) is 0 Å². The average molecular weight is 1900 g/mol. The molecule has 12 heteroatoms. The lowest BCUT2D eigenvalue weighted by Gasteiger charge is -2.45. The van der Waals surface area contributed by atoms with Gasteiger partial charge in [-0.1, -0.05) is 285 Å². The normalized spacial score (nSPS) is 13.4. The highest BCUT2D eigenvalue weighted by molar-refractivity contribution is 7.04. The first-order valence-corrected chi connectivity index (χ1v) is 52.2. The highest BCUT2D eigenvalue weighted by Crippen LogP contribution is 2.54. The van der Waals surface area contributed by atoms with Crippen LogP contribution in [0.3, 0.4) is 0 Å². The number of anilines is 18. The van der Waals surface area contributed by atoms with E-state index in [1.807, 2.05) is 0 Å². The number of fused-ring (bicyclic) bond motifs is 16. The zero-order chi connectivity index (χ0) is 101. The quantitative estimate of drug-likeness (QED) is 0.125. The molecule has 8 nitrogen and oxygen atoms in total. The number of aryl methyl sites for hydroxylation is 16. The molecule has 28 rings (SSSR count). The molecule has 8 aliphatic rings. The van der Waals surface area contributed by atoms with E-state index in [9.17, 15) is 0 Å². The third kappa shape index (κ3) is 14.4. The van der Waals surface area contributed by atoms with E-state index >= 15 is 0 Å². The van der Waals surface area contributed by atoms with Crippen molar-refractivity contribution in [2.45, 2.75) is 111 Å². The van der Waals surface area contributed by atoms with Crippen LogP contribution in [0.2, 0.25) is 0 Å². The minimum Gasteiger partial charge on any atom is -0.458 e. The highest BCUT2D eigenvalue weighted by atomic mass is 16.5. The van der Waals surface area contributed by atoms with E-state index in [-0.39, 0.29) is 26.9 Å². The van der Waals surface area contributed by atoms with E-state index in [2.05, 4.69) is 516 Å². The standard InChI is InChI=1S/C69H57B2N3O.C67H53B2N3O/c1-40-10-20-51(21-11-40)72-60-28-18-45(6)32-56(60)70-58-38-59-66(39-62(58)74(53-24-14-42(3)15-25-53)64-35-49(34-63(72)68(64)70)54-26-16-43(4)30-47(54)8)75-67-37-50(55-27-17-44(5)31-48(55)9)36-65-69(67)71(59)57-33-46(7)19-29-61(57)73(65)52-22-12-41(2)13-23-52;1-40-16-24-49(25-17-40)70-58-30-22-43(4)32-54(58)68-56-38-57-64(39-60(56)72(51-28-20-42(3)21-29-51)62-35-47(34-61(70)66(62)68)52-14-10-8-12-45(52)6)73-65-37-48(53-15-11-9-13-46(53)7)36-63-67(65)69(57)55-33-44(5)23-31-59(55)71(63)50-26-18-41(2)19-27-50/h10-39H,1-9H3;8-39H,1-7H3. The van der Waals surface area contributed by atoms with Crippen molar-refractivity contribution in [3.63, 3.8) is 0 Å². The van der Waals surface area contributed by atoms with E-state index in [1.54, 1.807) is 0 Å². The number of ether oxygens (including phenoxy) is 2. The third-order valence-electron chi connectivity index (χ3n) is 32.6. The minimum absolute atomic E-state index is 0.0801. The van der Waals surface area contributed by atoms with E-state index in [1.165, 1.54) is 233 Å². The Bertz CT molecular complexity index is 9020. The number of nitrogens with zero attached hydrogens (tertiary/aromatic N) is 6. The Morgan fingerprint density at radius 3 is 0.635 bits per heavy atom. The molecule has 0 unspecified atom stereocenters. The molecule has 0 N–H and O–H groups in total. The molecule has 0 atom stereocenters. The van der Waals surface area contributed by atoms with Crippen molar-refractivity contribution in [2.24, 2.45) is 0 Å². The van der Waals surface area contributed by atoms with Gasteiger partial charge in [-0.2, -0.15) is 0 Å². The monoisotopic (exact) mass is 1900 g/mol. The van der Waals surface area contributed by atoms with Crippen molar-refractivity contribution < 1.29 is 9.47 Å². The van der Waals surface area contributed by atoms with E-state index in [4.69, 9.17) is 9.47 Å². The molecule has 0 aromatic heterocycles. The van der Waals surface area contributed by atoms with Gasteiger partial charge in [-0.05, 0) is 389 Å². The molecule has 0 aliphatic carbocycles. The molecule has 20 aromatic carbocycles. The molecule has 0 saturated carbocycles. The van der Waals surface area contributed by atoms with Crippen LogP contribution >= 0.6 is 0 Å². The van der Waals surface area contributed by atoms with Gasteiger partial charge in [0, 0.05) is 115 Å². The van der Waals surface area contributed by atoms with Crippen LogP contribution in [0.25, 0.3) is 44.5 Å². The fraction of sp³-hybridized carbons (Fsp3) is 0.118. The predicted octanol–water partition coefficient (Wildman–Crippen LogP) is 28.0. The Kier molecular flexibility index (Phi) is 20.9. The maximum atomic E-state index is 7.59. The Hall–Kier alpha value is -16.9. The zero-order valence-electron chi connectivity index (χ0n) is 86.6. The summed E-state index contributed by atoms with van der Waals surface area (Å²) >= 11 is 0. The van der Waals surface area contributed by atoms with Crippen LogP contribution in [0.1, 0.15) is 89.0 Å². The molecule has 0 fully saturated rings. The fourth-order valence-corrected chi connectivity index (χ4v) is 25.5. The summed E-state index contributed by atoms with van der Waals surface area (Å²) in [6, 6.07) is 143. The van der Waals surface area contributed by atoms with Crippen LogP contribution in [0.4, 0.5) is 102 Å². The van der Waals surface area contributed by atoms with Gasteiger partial charge in [0.05, 0.1) is 0 Å². The van der Waals surface area contributed by atoms with E-state index < -0.39 is 0 Å². The van der Waals surface area contributed by atoms with Crippen LogP contribution in [0, 0.1) is 111 Å². The van der Waals surface area contributed by atoms with Gasteiger partial charge in [0.25, 0.3) is 26.9 Å². The first kappa shape index (κ1) is 89.9. The van der Waals surface area contributed by atoms with Crippen molar-refractivity contribution in [1.29, 1.82) is 0 Å². The lowest BCUT2D eigenvalue weighted by molar-refractivity contribution is 0.487. The Morgan fingerprint density at radius 1 is 0.149 bits per heavy atom. The van der Waals surface area contributed by atoms with Crippen molar-refractivity contribution in [2.75, 3.05) is 29.4 Å². The molecule has 8 aliphatic heterocycles. The summed E-state index contributed by atoms with van der Waals surface area (Å²) in [4.78, 5) is 15.1. The van der Waals surface area contributed by atoms with Crippen LogP contribution in [0.5, 0.6) is 23.0 Å². The second-order valence-corrected chi connectivity index (χ2v) is 43.0. The molecular formula is C136H110B4N6O2. The topological polar surface area (TPSA) is 37.9 Å². The molecular weight excluding hydrogens is 1790 g/mol. The van der Waals surface area contributed by atoms with Gasteiger partial charge in [0.15, 0.2) is 0 Å². The fourth-order valence-electron chi connectivity index (χ4n) is 25.5. The second kappa shape index (κ2) is 34.4. The molecule has 0 saturated heterocycles. The zero-order valence-corrected chi connectivity index (χ0v) is 86.6. The predicted molar refractivity (Wildman–Crippen MR) is 630 cm³/mol.